The zero-order valence-corrected chi connectivity index (χ0v) is 20.3. The lowest BCUT2D eigenvalue weighted by Gasteiger charge is -2.32. The summed E-state index contributed by atoms with van der Waals surface area (Å²) in [5, 5.41) is 0. The van der Waals surface area contributed by atoms with Gasteiger partial charge in [-0.25, -0.2) is 4.79 Å². The van der Waals surface area contributed by atoms with Gasteiger partial charge in [0.1, 0.15) is 6.04 Å². The highest BCUT2D eigenvalue weighted by Gasteiger charge is 2.43. The number of hydrogen-bond donors (Lipinski definition) is 0. The van der Waals surface area contributed by atoms with E-state index in [0.717, 1.165) is 24.2 Å². The molecule has 2 heterocycles. The van der Waals surface area contributed by atoms with Gasteiger partial charge in [-0.15, -0.1) is 0 Å². The number of piperidine rings is 1. The largest absolute Gasteiger partial charge is 0.454 e. The van der Waals surface area contributed by atoms with Gasteiger partial charge in [0.2, 0.25) is 0 Å². The average Bonchev–Trinajstić information content (AvgIpc) is 3.11. The third-order valence-corrected chi connectivity index (χ3v) is 6.78. The van der Waals surface area contributed by atoms with Crippen LogP contribution >= 0.6 is 0 Å². The van der Waals surface area contributed by atoms with Gasteiger partial charge in [-0.1, -0.05) is 56.3 Å². The molecule has 0 saturated carbocycles. The van der Waals surface area contributed by atoms with Gasteiger partial charge in [0.15, 0.2) is 6.61 Å². The summed E-state index contributed by atoms with van der Waals surface area (Å²) in [5.74, 6) is -1.41. The van der Waals surface area contributed by atoms with E-state index in [1.165, 1.54) is 5.56 Å². The summed E-state index contributed by atoms with van der Waals surface area (Å²) in [6.07, 6.45) is 3.07. The fourth-order valence-electron chi connectivity index (χ4n) is 4.90. The molecule has 0 spiro atoms. The van der Waals surface area contributed by atoms with Gasteiger partial charge < -0.3 is 9.64 Å². The number of likely N-dealkylation sites (tertiary alicyclic amines) is 1. The molecule has 7 nitrogen and oxygen atoms in total. The number of rotatable bonds is 8. The predicted molar refractivity (Wildman–Crippen MR) is 131 cm³/mol. The van der Waals surface area contributed by atoms with E-state index in [1.54, 1.807) is 29.2 Å². The molecule has 1 saturated heterocycles. The number of carbonyl (C=O) groups is 4. The molecule has 4 rings (SSSR count). The minimum atomic E-state index is -1.06. The van der Waals surface area contributed by atoms with Gasteiger partial charge in [-0.05, 0) is 55.2 Å². The number of fused-ring (bicyclic) bond motifs is 1. The van der Waals surface area contributed by atoms with Crippen molar-refractivity contribution in [1.29, 1.82) is 0 Å². The highest BCUT2D eigenvalue weighted by atomic mass is 16.5. The van der Waals surface area contributed by atoms with Crippen LogP contribution < -0.4 is 0 Å². The van der Waals surface area contributed by atoms with E-state index in [0.29, 0.717) is 19.0 Å². The van der Waals surface area contributed by atoms with E-state index in [9.17, 15) is 19.2 Å². The van der Waals surface area contributed by atoms with Crippen molar-refractivity contribution >= 4 is 23.7 Å². The van der Waals surface area contributed by atoms with Crippen LogP contribution in [0.25, 0.3) is 0 Å². The summed E-state index contributed by atoms with van der Waals surface area (Å²) in [4.78, 5) is 54.3. The molecule has 0 N–H and O–H groups in total. The maximum absolute atomic E-state index is 13.0. The van der Waals surface area contributed by atoms with Gasteiger partial charge in [-0.2, -0.15) is 0 Å². The number of imide groups is 1. The first-order valence-electron chi connectivity index (χ1n) is 12.3. The Labute approximate surface area is 206 Å². The summed E-state index contributed by atoms with van der Waals surface area (Å²) < 4.78 is 5.37. The van der Waals surface area contributed by atoms with Crippen LogP contribution in [0.1, 0.15) is 59.4 Å². The number of nitrogens with zero attached hydrogens (tertiary/aromatic N) is 2. The maximum atomic E-state index is 13.0. The van der Waals surface area contributed by atoms with Crippen LogP contribution in [-0.2, 0) is 20.7 Å². The fourth-order valence-corrected chi connectivity index (χ4v) is 4.90. The minimum absolute atomic E-state index is 0.0382. The van der Waals surface area contributed by atoms with Crippen molar-refractivity contribution in [2.75, 3.05) is 19.7 Å². The molecule has 0 bridgehead atoms. The van der Waals surface area contributed by atoms with E-state index in [2.05, 4.69) is 12.1 Å². The SMILES string of the molecule is CC(C)CC(C(=O)OCC(=O)N1CCC(Cc2ccccc2)CC1)N1C(=O)c2ccccc2C1=O. The summed E-state index contributed by atoms with van der Waals surface area (Å²) in [5.41, 5.74) is 1.87. The second-order valence-corrected chi connectivity index (χ2v) is 9.79. The Morgan fingerprint density at radius 3 is 2.06 bits per heavy atom. The van der Waals surface area contributed by atoms with E-state index in [-0.39, 0.29) is 36.0 Å². The van der Waals surface area contributed by atoms with E-state index >= 15 is 0 Å². The molecular formula is C28H32N2O5. The number of carbonyl (C=O) groups excluding carboxylic acids is 4. The smallest absolute Gasteiger partial charge is 0.329 e. The summed E-state index contributed by atoms with van der Waals surface area (Å²) in [7, 11) is 0. The Morgan fingerprint density at radius 2 is 1.49 bits per heavy atom. The van der Waals surface area contributed by atoms with E-state index < -0.39 is 23.8 Å². The monoisotopic (exact) mass is 476 g/mol. The third kappa shape index (κ3) is 5.61. The van der Waals surface area contributed by atoms with Crippen molar-refractivity contribution < 1.29 is 23.9 Å². The Hall–Kier alpha value is -3.48. The molecule has 1 unspecified atom stereocenters. The summed E-state index contributed by atoms with van der Waals surface area (Å²) in [6, 6.07) is 15.8. The molecule has 0 aliphatic carbocycles. The summed E-state index contributed by atoms with van der Waals surface area (Å²) >= 11 is 0. The summed E-state index contributed by atoms with van der Waals surface area (Å²) in [6.45, 7) is 4.68. The number of ether oxygens (including phenoxy) is 1. The topological polar surface area (TPSA) is 84.0 Å². The van der Waals surface area contributed by atoms with E-state index in [1.807, 2.05) is 32.0 Å². The highest BCUT2D eigenvalue weighted by Crippen LogP contribution is 2.27. The molecule has 2 aliphatic rings. The van der Waals surface area contributed by atoms with Crippen molar-refractivity contribution in [3.63, 3.8) is 0 Å². The van der Waals surface area contributed by atoms with Crippen LogP contribution in [0.2, 0.25) is 0 Å². The Bertz CT molecular complexity index is 1050. The minimum Gasteiger partial charge on any atom is -0.454 e. The van der Waals surface area contributed by atoms with Gasteiger partial charge in [0, 0.05) is 13.1 Å². The molecule has 2 aromatic carbocycles. The van der Waals surface area contributed by atoms with Crippen LogP contribution in [0.15, 0.2) is 54.6 Å². The molecule has 184 valence electrons. The Morgan fingerprint density at radius 1 is 0.914 bits per heavy atom. The lowest BCUT2D eigenvalue weighted by atomic mass is 9.90. The van der Waals surface area contributed by atoms with Crippen molar-refractivity contribution in [3.05, 3.63) is 71.3 Å². The zero-order valence-electron chi connectivity index (χ0n) is 20.3. The first-order chi connectivity index (χ1) is 16.8. The first-order valence-corrected chi connectivity index (χ1v) is 12.3. The van der Waals surface area contributed by atoms with Crippen LogP contribution in [0.4, 0.5) is 0 Å². The molecule has 2 aliphatic heterocycles. The highest BCUT2D eigenvalue weighted by molar-refractivity contribution is 6.22. The van der Waals surface area contributed by atoms with Crippen LogP contribution in [0.5, 0.6) is 0 Å². The van der Waals surface area contributed by atoms with Gasteiger partial charge in [0.25, 0.3) is 17.7 Å². The fraction of sp³-hybridized carbons (Fsp3) is 0.429. The molecule has 1 fully saturated rings. The Balaban J connectivity index is 1.32. The lowest BCUT2D eigenvalue weighted by Crippen LogP contribution is -2.47. The zero-order chi connectivity index (χ0) is 24.9. The third-order valence-electron chi connectivity index (χ3n) is 6.78. The van der Waals surface area contributed by atoms with Crippen molar-refractivity contribution in [2.45, 2.75) is 45.6 Å². The van der Waals surface area contributed by atoms with Gasteiger partial charge in [-0.3, -0.25) is 19.3 Å². The predicted octanol–water partition coefficient (Wildman–Crippen LogP) is 3.72. The second-order valence-electron chi connectivity index (χ2n) is 9.79. The van der Waals surface area contributed by atoms with Gasteiger partial charge >= 0.3 is 5.97 Å². The van der Waals surface area contributed by atoms with Crippen molar-refractivity contribution in [3.8, 4) is 0 Å². The number of amides is 3. The van der Waals surface area contributed by atoms with Crippen LogP contribution in [-0.4, -0.2) is 59.2 Å². The molecule has 35 heavy (non-hydrogen) atoms. The van der Waals surface area contributed by atoms with Crippen molar-refractivity contribution in [1.82, 2.24) is 9.80 Å². The standard InChI is InChI=1S/C28H32N2O5/c1-19(2)16-24(30-26(32)22-10-6-7-11-23(22)27(30)33)28(34)35-18-25(31)29-14-12-21(13-15-29)17-20-8-4-3-5-9-20/h3-11,19,21,24H,12-18H2,1-2H3. The van der Waals surface area contributed by atoms with Gasteiger partial charge in [0.05, 0.1) is 11.1 Å². The quantitative estimate of drug-likeness (QED) is 0.428. The lowest BCUT2D eigenvalue weighted by molar-refractivity contribution is -0.156. The Kier molecular flexibility index (Phi) is 7.63. The van der Waals surface area contributed by atoms with Crippen LogP contribution in [0.3, 0.4) is 0 Å². The molecule has 1 atom stereocenters. The molecule has 2 aromatic rings. The normalized spacial score (nSPS) is 17.0. The van der Waals surface area contributed by atoms with Crippen molar-refractivity contribution in [2.24, 2.45) is 11.8 Å². The molecule has 0 radical (unpaired) electrons. The molecule has 7 heteroatoms. The second kappa shape index (κ2) is 10.8. The number of benzene rings is 2. The average molecular weight is 477 g/mol. The van der Waals surface area contributed by atoms with Crippen LogP contribution in [0, 0.1) is 11.8 Å². The van der Waals surface area contributed by atoms with E-state index in [4.69, 9.17) is 4.74 Å². The first kappa shape index (κ1) is 24.6. The maximum Gasteiger partial charge on any atom is 0.329 e. The number of esters is 1. The molecule has 0 aromatic heterocycles. The molecule has 3 amide bonds. The molecular weight excluding hydrogens is 444 g/mol. The number of hydrogen-bond acceptors (Lipinski definition) is 5.